The first-order chi connectivity index (χ1) is 10.7. The summed E-state index contributed by atoms with van der Waals surface area (Å²) in [7, 11) is 0. The molecule has 2 heterocycles. The molecule has 4 rings (SSSR count). The van der Waals surface area contributed by atoms with Crippen LogP contribution in [0, 0.1) is 0 Å². The minimum Gasteiger partial charge on any atom is -0.504 e. The second kappa shape index (κ2) is 6.46. The van der Waals surface area contributed by atoms with E-state index < -0.39 is 0 Å². The van der Waals surface area contributed by atoms with Gasteiger partial charge in [-0.15, -0.1) is 28.3 Å². The highest BCUT2D eigenvalue weighted by molar-refractivity contribution is 8.93. The highest BCUT2D eigenvalue weighted by Crippen LogP contribution is 2.46. The molecule has 3 nitrogen and oxygen atoms in total. The standard InChI is InChI=1S/C18H21NO2S.BrH/c1-2-3-12-6-11-9-19-14-5-4-10-7-15(20)16(21)8-13(10)17(14)18(11)22-12;/h6-8,14,17,19-21H,2-5,9H2,1H3;1H/t14-,17-;/m0./s1. The summed E-state index contributed by atoms with van der Waals surface area (Å²) in [6, 6.07) is 6.31. The van der Waals surface area contributed by atoms with E-state index in [1.807, 2.05) is 11.3 Å². The first-order valence-corrected chi connectivity index (χ1v) is 8.88. The number of thiophene rings is 1. The van der Waals surface area contributed by atoms with E-state index in [4.69, 9.17) is 0 Å². The minimum absolute atomic E-state index is 0. The zero-order chi connectivity index (χ0) is 15.3. The highest BCUT2D eigenvalue weighted by atomic mass is 79.9. The minimum atomic E-state index is -0.00291. The lowest BCUT2D eigenvalue weighted by Crippen LogP contribution is -2.41. The van der Waals surface area contributed by atoms with Gasteiger partial charge in [-0.2, -0.15) is 0 Å². The molecular formula is C18H22BrNO2S. The van der Waals surface area contributed by atoms with Crippen molar-refractivity contribution in [3.05, 3.63) is 44.6 Å². The lowest BCUT2D eigenvalue weighted by Gasteiger charge is -2.38. The van der Waals surface area contributed by atoms with Gasteiger partial charge >= 0.3 is 0 Å². The fourth-order valence-electron chi connectivity index (χ4n) is 3.89. The molecule has 0 spiro atoms. The Kier molecular flexibility index (Phi) is 4.72. The molecule has 2 aliphatic rings. The zero-order valence-electron chi connectivity index (χ0n) is 13.1. The molecule has 1 aliphatic carbocycles. The Labute approximate surface area is 151 Å². The summed E-state index contributed by atoms with van der Waals surface area (Å²) in [5, 5.41) is 23.4. The number of halogens is 1. The maximum atomic E-state index is 9.94. The third kappa shape index (κ3) is 2.79. The van der Waals surface area contributed by atoms with Crippen LogP contribution in [-0.2, 0) is 19.4 Å². The summed E-state index contributed by atoms with van der Waals surface area (Å²) in [6.07, 6.45) is 4.36. The number of nitrogens with one attached hydrogen (secondary N) is 1. The van der Waals surface area contributed by atoms with E-state index in [9.17, 15) is 10.2 Å². The number of hydrogen-bond acceptors (Lipinski definition) is 4. The van der Waals surface area contributed by atoms with Gasteiger partial charge in [0.15, 0.2) is 11.5 Å². The topological polar surface area (TPSA) is 52.5 Å². The molecular weight excluding hydrogens is 374 g/mol. The van der Waals surface area contributed by atoms with Crippen molar-refractivity contribution in [1.82, 2.24) is 5.32 Å². The number of rotatable bonds is 2. The number of phenolic OH excluding ortho intramolecular Hbond substituents is 2. The van der Waals surface area contributed by atoms with Gasteiger partial charge in [0.05, 0.1) is 0 Å². The number of phenols is 2. The first kappa shape index (κ1) is 16.8. The van der Waals surface area contributed by atoms with E-state index in [1.165, 1.54) is 32.9 Å². The van der Waals surface area contributed by atoms with Crippen LogP contribution < -0.4 is 5.32 Å². The fourth-order valence-corrected chi connectivity index (χ4v) is 5.36. The fraction of sp³-hybridized carbons (Fsp3) is 0.444. The maximum absolute atomic E-state index is 9.94. The highest BCUT2D eigenvalue weighted by Gasteiger charge is 2.36. The first-order valence-electron chi connectivity index (χ1n) is 8.07. The van der Waals surface area contributed by atoms with Crippen LogP contribution >= 0.6 is 28.3 Å². The van der Waals surface area contributed by atoms with E-state index >= 15 is 0 Å². The van der Waals surface area contributed by atoms with Gasteiger partial charge in [0.1, 0.15) is 0 Å². The van der Waals surface area contributed by atoms with Crippen molar-refractivity contribution in [3.8, 4) is 11.5 Å². The summed E-state index contributed by atoms with van der Waals surface area (Å²) < 4.78 is 0. The maximum Gasteiger partial charge on any atom is 0.157 e. The molecule has 2 atom stereocenters. The van der Waals surface area contributed by atoms with Crippen LogP contribution in [0.5, 0.6) is 11.5 Å². The average molecular weight is 396 g/mol. The third-order valence-electron chi connectivity index (χ3n) is 4.92. The number of fused-ring (bicyclic) bond motifs is 5. The summed E-state index contributed by atoms with van der Waals surface area (Å²) >= 11 is 1.94. The Morgan fingerprint density at radius 1 is 1.17 bits per heavy atom. The molecule has 0 saturated carbocycles. The van der Waals surface area contributed by atoms with Crippen LogP contribution in [0.15, 0.2) is 18.2 Å². The number of aryl methyl sites for hydroxylation is 2. The van der Waals surface area contributed by atoms with E-state index in [0.29, 0.717) is 12.0 Å². The van der Waals surface area contributed by atoms with Crippen molar-refractivity contribution in [2.45, 2.75) is 51.1 Å². The molecule has 5 heteroatoms. The van der Waals surface area contributed by atoms with Gasteiger partial charge in [-0.05, 0) is 54.2 Å². The van der Waals surface area contributed by atoms with E-state index in [2.05, 4.69) is 18.3 Å². The van der Waals surface area contributed by atoms with Crippen LogP contribution in [0.3, 0.4) is 0 Å². The Bertz CT molecular complexity index is 728. The number of aromatic hydroxyl groups is 2. The Hall–Kier alpha value is -1.04. The lowest BCUT2D eigenvalue weighted by molar-refractivity contribution is 0.383. The van der Waals surface area contributed by atoms with Crippen LogP contribution in [0.25, 0.3) is 0 Å². The van der Waals surface area contributed by atoms with Gasteiger partial charge in [0.2, 0.25) is 0 Å². The molecule has 0 radical (unpaired) electrons. The van der Waals surface area contributed by atoms with Crippen molar-refractivity contribution in [2.24, 2.45) is 0 Å². The van der Waals surface area contributed by atoms with Crippen LogP contribution in [0.4, 0.5) is 0 Å². The largest absolute Gasteiger partial charge is 0.504 e. The third-order valence-corrected chi connectivity index (χ3v) is 6.25. The van der Waals surface area contributed by atoms with Gasteiger partial charge in [-0.1, -0.05) is 13.3 Å². The van der Waals surface area contributed by atoms with E-state index in [0.717, 1.165) is 25.8 Å². The smallest absolute Gasteiger partial charge is 0.157 e. The molecule has 0 amide bonds. The van der Waals surface area contributed by atoms with Crippen molar-refractivity contribution < 1.29 is 10.2 Å². The van der Waals surface area contributed by atoms with Gasteiger partial charge in [-0.3, -0.25) is 0 Å². The van der Waals surface area contributed by atoms with Crippen LogP contribution in [0.2, 0.25) is 0 Å². The van der Waals surface area contributed by atoms with Crippen molar-refractivity contribution in [3.63, 3.8) is 0 Å². The molecule has 1 aromatic heterocycles. The molecule has 3 N–H and O–H groups in total. The second-order valence-electron chi connectivity index (χ2n) is 6.40. The molecule has 1 aromatic carbocycles. The van der Waals surface area contributed by atoms with Gasteiger partial charge in [0, 0.05) is 28.3 Å². The molecule has 124 valence electrons. The summed E-state index contributed by atoms with van der Waals surface area (Å²) in [6.45, 7) is 3.17. The van der Waals surface area contributed by atoms with E-state index in [1.54, 1.807) is 12.1 Å². The summed E-state index contributed by atoms with van der Waals surface area (Å²) in [4.78, 5) is 2.92. The zero-order valence-corrected chi connectivity index (χ0v) is 15.7. The van der Waals surface area contributed by atoms with Gasteiger partial charge in [0.25, 0.3) is 0 Å². The molecule has 0 bridgehead atoms. The van der Waals surface area contributed by atoms with Gasteiger partial charge in [-0.25, -0.2) is 0 Å². The molecule has 2 aromatic rings. The van der Waals surface area contributed by atoms with Crippen molar-refractivity contribution in [1.29, 1.82) is 0 Å². The van der Waals surface area contributed by atoms with Crippen LogP contribution in [-0.4, -0.2) is 16.3 Å². The van der Waals surface area contributed by atoms with E-state index in [-0.39, 0.29) is 28.5 Å². The molecule has 1 aliphatic heterocycles. The predicted octanol–water partition coefficient (Wildman–Crippen LogP) is 4.24. The monoisotopic (exact) mass is 395 g/mol. The Morgan fingerprint density at radius 3 is 2.74 bits per heavy atom. The SMILES string of the molecule is Br.CCCc1cc2c(s1)[C@H]1c3cc(O)c(O)cc3CC[C@@H]1NC2. The van der Waals surface area contributed by atoms with Crippen LogP contribution in [0.1, 0.15) is 52.1 Å². The molecule has 0 saturated heterocycles. The predicted molar refractivity (Wildman–Crippen MR) is 99.2 cm³/mol. The number of benzene rings is 1. The van der Waals surface area contributed by atoms with Gasteiger partial charge < -0.3 is 15.5 Å². The van der Waals surface area contributed by atoms with Crippen molar-refractivity contribution in [2.75, 3.05) is 0 Å². The van der Waals surface area contributed by atoms with Crippen molar-refractivity contribution >= 4 is 28.3 Å². The normalized spacial score (nSPS) is 21.8. The molecule has 0 fully saturated rings. The summed E-state index contributed by atoms with van der Waals surface area (Å²) in [5.74, 6) is 0.311. The Morgan fingerprint density at radius 2 is 1.96 bits per heavy atom. The quantitative estimate of drug-likeness (QED) is 0.666. The second-order valence-corrected chi connectivity index (χ2v) is 7.56. The molecule has 0 unspecified atom stereocenters. The lowest BCUT2D eigenvalue weighted by atomic mass is 9.75. The molecule has 23 heavy (non-hydrogen) atoms. The average Bonchev–Trinajstić information content (AvgIpc) is 2.91. The number of hydrogen-bond donors (Lipinski definition) is 3. The summed E-state index contributed by atoms with van der Waals surface area (Å²) in [5.41, 5.74) is 3.77. The Balaban J connectivity index is 0.00000156.